The summed E-state index contributed by atoms with van der Waals surface area (Å²) >= 11 is 0. The summed E-state index contributed by atoms with van der Waals surface area (Å²) in [6.45, 7) is 7.17. The summed E-state index contributed by atoms with van der Waals surface area (Å²) in [5.74, 6) is 2.83. The predicted octanol–water partition coefficient (Wildman–Crippen LogP) is 1.94. The molecule has 1 heterocycles. The first-order chi connectivity index (χ1) is 8.49. The minimum absolute atomic E-state index is 0.0591. The highest BCUT2D eigenvalue weighted by atomic mass is 16.5. The lowest BCUT2D eigenvalue weighted by molar-refractivity contribution is 0.234. The lowest BCUT2D eigenvalue weighted by Crippen LogP contribution is -2.23. The number of rotatable bonds is 5. The number of anilines is 2. The highest BCUT2D eigenvalue weighted by Crippen LogP contribution is 2.39. The van der Waals surface area contributed by atoms with Gasteiger partial charge in [-0.3, -0.25) is 0 Å². The summed E-state index contributed by atoms with van der Waals surface area (Å²) < 4.78 is 5.57. The van der Waals surface area contributed by atoms with Crippen molar-refractivity contribution in [2.45, 2.75) is 33.3 Å². The maximum Gasteiger partial charge on any atom is 0.242 e. The first kappa shape index (κ1) is 12.9. The zero-order valence-corrected chi connectivity index (χ0v) is 11.6. The number of hydrogen-bond acceptors (Lipinski definition) is 5. The average Bonchev–Trinajstić information content (AvgIpc) is 2.96. The molecule has 1 aliphatic carbocycles. The van der Waals surface area contributed by atoms with Crippen LogP contribution in [-0.4, -0.2) is 29.7 Å². The zero-order valence-electron chi connectivity index (χ0n) is 11.6. The Bertz CT molecular complexity index is 421. The highest BCUT2D eigenvalue weighted by Gasteiger charge is 2.33. The molecule has 0 aliphatic heterocycles. The van der Waals surface area contributed by atoms with Crippen LogP contribution < -0.4 is 15.4 Å². The molecule has 2 N–H and O–H groups in total. The normalized spacial score (nSPS) is 22.1. The van der Waals surface area contributed by atoms with Crippen LogP contribution in [0.4, 0.5) is 11.5 Å². The van der Waals surface area contributed by atoms with Gasteiger partial charge in [-0.2, -0.15) is 4.98 Å². The molecule has 1 fully saturated rings. The van der Waals surface area contributed by atoms with Gasteiger partial charge in [0.15, 0.2) is 5.82 Å². The van der Waals surface area contributed by atoms with Crippen molar-refractivity contribution in [3.8, 4) is 5.88 Å². The van der Waals surface area contributed by atoms with Crippen molar-refractivity contribution in [1.29, 1.82) is 0 Å². The Morgan fingerprint density at radius 1 is 1.50 bits per heavy atom. The van der Waals surface area contributed by atoms with Gasteiger partial charge in [0.2, 0.25) is 5.88 Å². The molecule has 0 aromatic carbocycles. The van der Waals surface area contributed by atoms with E-state index in [1.807, 2.05) is 20.9 Å². The van der Waals surface area contributed by atoms with Gasteiger partial charge in [0.1, 0.15) is 12.0 Å². The van der Waals surface area contributed by atoms with Gasteiger partial charge < -0.3 is 15.4 Å². The highest BCUT2D eigenvalue weighted by molar-refractivity contribution is 5.67. The van der Waals surface area contributed by atoms with Crippen LogP contribution >= 0.6 is 0 Å². The minimum Gasteiger partial charge on any atom is -0.473 e. The van der Waals surface area contributed by atoms with Crippen LogP contribution in [0.2, 0.25) is 0 Å². The van der Waals surface area contributed by atoms with Gasteiger partial charge >= 0.3 is 0 Å². The molecule has 0 spiro atoms. The topological polar surface area (TPSA) is 64.3 Å². The quantitative estimate of drug-likeness (QED) is 0.865. The van der Waals surface area contributed by atoms with E-state index in [0.29, 0.717) is 11.6 Å². The summed E-state index contributed by atoms with van der Waals surface area (Å²) in [7, 11) is 2.02. The number of hydrogen-bond donors (Lipinski definition) is 1. The van der Waals surface area contributed by atoms with Gasteiger partial charge in [-0.1, -0.05) is 6.92 Å². The van der Waals surface area contributed by atoms with Crippen LogP contribution in [0.5, 0.6) is 5.88 Å². The van der Waals surface area contributed by atoms with E-state index in [4.69, 9.17) is 10.5 Å². The van der Waals surface area contributed by atoms with Gasteiger partial charge in [-0.25, -0.2) is 4.98 Å². The van der Waals surface area contributed by atoms with Gasteiger partial charge in [0, 0.05) is 13.6 Å². The predicted molar refractivity (Wildman–Crippen MR) is 72.7 cm³/mol. The number of nitrogens with two attached hydrogens (primary N) is 1. The smallest absolute Gasteiger partial charge is 0.242 e. The van der Waals surface area contributed by atoms with E-state index in [1.165, 1.54) is 12.7 Å². The maximum atomic E-state index is 6.07. The maximum absolute atomic E-state index is 6.07. The Morgan fingerprint density at radius 3 is 2.72 bits per heavy atom. The zero-order chi connectivity index (χ0) is 13.3. The second-order valence-electron chi connectivity index (χ2n) is 5.44. The van der Waals surface area contributed by atoms with Crippen LogP contribution in [0.1, 0.15) is 27.2 Å². The van der Waals surface area contributed by atoms with Crippen LogP contribution in [0.25, 0.3) is 0 Å². The van der Waals surface area contributed by atoms with Gasteiger partial charge in [-0.15, -0.1) is 0 Å². The second kappa shape index (κ2) is 5.00. The molecule has 0 amide bonds. The van der Waals surface area contributed by atoms with Crippen molar-refractivity contribution >= 4 is 11.5 Å². The van der Waals surface area contributed by atoms with Crippen LogP contribution in [0.15, 0.2) is 6.33 Å². The van der Waals surface area contributed by atoms with Crippen molar-refractivity contribution in [2.75, 3.05) is 24.2 Å². The van der Waals surface area contributed by atoms with E-state index in [1.54, 1.807) is 0 Å². The van der Waals surface area contributed by atoms with E-state index in [2.05, 4.69) is 21.8 Å². The van der Waals surface area contributed by atoms with E-state index in [0.717, 1.165) is 24.2 Å². The molecule has 100 valence electrons. The third-order valence-electron chi connectivity index (χ3n) is 3.32. The fourth-order valence-electron chi connectivity index (χ4n) is 2.08. The van der Waals surface area contributed by atoms with Crippen molar-refractivity contribution in [3.63, 3.8) is 0 Å². The van der Waals surface area contributed by atoms with Gasteiger partial charge in [0.25, 0.3) is 0 Å². The first-order valence-electron chi connectivity index (χ1n) is 6.47. The summed E-state index contributed by atoms with van der Waals surface area (Å²) in [4.78, 5) is 10.4. The number of nitrogens with zero attached hydrogens (tertiary/aromatic N) is 3. The van der Waals surface area contributed by atoms with Crippen molar-refractivity contribution < 1.29 is 4.74 Å². The molecule has 1 aromatic heterocycles. The first-order valence-corrected chi connectivity index (χ1v) is 6.47. The van der Waals surface area contributed by atoms with E-state index < -0.39 is 0 Å². The van der Waals surface area contributed by atoms with Gasteiger partial charge in [-0.05, 0) is 32.1 Å². The molecule has 18 heavy (non-hydrogen) atoms. The third-order valence-corrected chi connectivity index (χ3v) is 3.32. The molecule has 5 nitrogen and oxygen atoms in total. The molecule has 1 saturated carbocycles. The Morgan fingerprint density at radius 2 is 2.17 bits per heavy atom. The van der Waals surface area contributed by atoms with Crippen molar-refractivity contribution in [2.24, 2.45) is 11.8 Å². The molecule has 0 bridgehead atoms. The molecular formula is C13H22N4O. The fourth-order valence-corrected chi connectivity index (χ4v) is 2.08. The number of ether oxygens (including phenoxy) is 1. The molecule has 5 heteroatoms. The summed E-state index contributed by atoms with van der Waals surface area (Å²) in [6.07, 6.45) is 2.87. The standard InChI is InChI=1S/C13H22N4O/c1-8(2)18-13-11(14)12(15-7-16-13)17(4)6-10-5-9(10)3/h7-10H,5-6,14H2,1-4H3. The Kier molecular flexibility index (Phi) is 3.59. The SMILES string of the molecule is CC(C)Oc1ncnc(N(C)CC2CC2C)c1N. The number of nitrogen functional groups attached to an aromatic ring is 1. The van der Waals surface area contributed by atoms with Crippen LogP contribution in [0, 0.1) is 11.8 Å². The monoisotopic (exact) mass is 250 g/mol. The lowest BCUT2D eigenvalue weighted by atomic mass is 10.3. The summed E-state index contributed by atoms with van der Waals surface area (Å²) in [5, 5.41) is 0. The molecule has 2 atom stereocenters. The van der Waals surface area contributed by atoms with Crippen molar-refractivity contribution in [3.05, 3.63) is 6.33 Å². The third kappa shape index (κ3) is 2.83. The van der Waals surface area contributed by atoms with Crippen LogP contribution in [0.3, 0.4) is 0 Å². The molecule has 2 rings (SSSR count). The average molecular weight is 250 g/mol. The van der Waals surface area contributed by atoms with E-state index in [-0.39, 0.29) is 6.10 Å². The minimum atomic E-state index is 0.0591. The largest absolute Gasteiger partial charge is 0.473 e. The molecular weight excluding hydrogens is 228 g/mol. The van der Waals surface area contributed by atoms with Crippen LogP contribution in [-0.2, 0) is 0 Å². The summed E-state index contributed by atoms with van der Waals surface area (Å²) in [6, 6.07) is 0. The Labute approximate surface area is 108 Å². The molecule has 1 aliphatic rings. The Hall–Kier alpha value is -1.52. The Balaban J connectivity index is 2.11. The molecule has 1 aromatic rings. The lowest BCUT2D eigenvalue weighted by Gasteiger charge is -2.21. The summed E-state index contributed by atoms with van der Waals surface area (Å²) in [5.41, 5.74) is 6.60. The second-order valence-corrected chi connectivity index (χ2v) is 5.44. The van der Waals surface area contributed by atoms with E-state index >= 15 is 0 Å². The van der Waals surface area contributed by atoms with Gasteiger partial charge in [0.05, 0.1) is 6.10 Å². The van der Waals surface area contributed by atoms with Crippen molar-refractivity contribution in [1.82, 2.24) is 9.97 Å². The van der Waals surface area contributed by atoms with E-state index in [9.17, 15) is 0 Å². The molecule has 0 radical (unpaired) electrons. The fraction of sp³-hybridized carbons (Fsp3) is 0.692. The molecule has 2 unspecified atom stereocenters. The number of aromatic nitrogens is 2. The molecule has 0 saturated heterocycles.